The normalized spacial score (nSPS) is 11.8. The second-order valence-electron chi connectivity index (χ2n) is 4.55. The lowest BCUT2D eigenvalue weighted by Crippen LogP contribution is -2.13. The maximum Gasteiger partial charge on any atom is 0.184 e. The van der Waals surface area contributed by atoms with E-state index in [0.717, 1.165) is 6.07 Å². The molecule has 1 atom stereocenters. The number of carbonyl (C=O) groups is 1. The van der Waals surface area contributed by atoms with Gasteiger partial charge in [-0.15, -0.1) is 0 Å². The first-order valence-electron chi connectivity index (χ1n) is 6.09. The number of hydrogen-bond donors (Lipinski definition) is 0. The van der Waals surface area contributed by atoms with Crippen LogP contribution in [-0.2, 0) is 0 Å². The van der Waals surface area contributed by atoms with Gasteiger partial charge in [0.05, 0.1) is 6.07 Å². The van der Waals surface area contributed by atoms with Crippen molar-refractivity contribution in [2.24, 2.45) is 0 Å². The lowest BCUT2D eigenvalue weighted by atomic mass is 9.90. The molecule has 5 heteroatoms. The fraction of sp³-hybridized carbons (Fsp3) is 0.125. The Kier molecular flexibility index (Phi) is 4.62. The van der Waals surface area contributed by atoms with E-state index in [1.54, 1.807) is 13.0 Å². The maximum absolute atomic E-state index is 13.3. The number of Topliss-reactive ketones (excluding diaryl/α,β-unsaturated/α-hetero) is 1. The highest BCUT2D eigenvalue weighted by Crippen LogP contribution is 2.30. The Balaban J connectivity index is 2.49. The number of carbonyl (C=O) groups excluding carboxylic acids is 1. The SMILES string of the molecule is Cc1ccc(F)cc1C(=O)C(C#N)c1ccc(Cl)cc1Cl. The monoisotopic (exact) mass is 321 g/mol. The minimum absolute atomic E-state index is 0.174. The Morgan fingerprint density at radius 1 is 1.24 bits per heavy atom. The molecule has 0 aliphatic heterocycles. The molecule has 0 N–H and O–H groups in total. The molecule has 0 fully saturated rings. The van der Waals surface area contributed by atoms with Gasteiger partial charge in [0.2, 0.25) is 0 Å². The van der Waals surface area contributed by atoms with Gasteiger partial charge >= 0.3 is 0 Å². The number of aryl methyl sites for hydroxylation is 1. The average molecular weight is 322 g/mol. The van der Waals surface area contributed by atoms with Crippen molar-refractivity contribution >= 4 is 29.0 Å². The Hall–Kier alpha value is -1.89. The first-order valence-corrected chi connectivity index (χ1v) is 6.84. The molecule has 0 spiro atoms. The van der Waals surface area contributed by atoms with Gasteiger partial charge in [0.25, 0.3) is 0 Å². The zero-order valence-electron chi connectivity index (χ0n) is 11.0. The van der Waals surface area contributed by atoms with Gasteiger partial charge in [0, 0.05) is 15.6 Å². The van der Waals surface area contributed by atoms with Crippen LogP contribution in [0.1, 0.15) is 27.4 Å². The van der Waals surface area contributed by atoms with Gasteiger partial charge in [0.1, 0.15) is 11.7 Å². The van der Waals surface area contributed by atoms with E-state index >= 15 is 0 Å². The van der Waals surface area contributed by atoms with Crippen LogP contribution >= 0.6 is 23.2 Å². The van der Waals surface area contributed by atoms with E-state index in [2.05, 4.69) is 0 Å². The van der Waals surface area contributed by atoms with Gasteiger partial charge in [-0.2, -0.15) is 5.26 Å². The molecule has 0 aromatic heterocycles. The van der Waals surface area contributed by atoms with Crippen LogP contribution in [0.25, 0.3) is 0 Å². The Morgan fingerprint density at radius 2 is 1.95 bits per heavy atom. The molecule has 2 aromatic carbocycles. The van der Waals surface area contributed by atoms with Crippen molar-refractivity contribution in [1.29, 1.82) is 5.26 Å². The summed E-state index contributed by atoms with van der Waals surface area (Å²) in [5, 5.41) is 9.95. The van der Waals surface area contributed by atoms with Gasteiger partial charge in [-0.05, 0) is 42.3 Å². The van der Waals surface area contributed by atoms with Crippen molar-refractivity contribution in [3.8, 4) is 6.07 Å². The van der Waals surface area contributed by atoms with Crippen LogP contribution < -0.4 is 0 Å². The third-order valence-corrected chi connectivity index (χ3v) is 3.69. The summed E-state index contributed by atoms with van der Waals surface area (Å²) in [6.45, 7) is 1.69. The lowest BCUT2D eigenvalue weighted by Gasteiger charge is -2.12. The van der Waals surface area contributed by atoms with Crippen LogP contribution in [0.4, 0.5) is 4.39 Å². The van der Waals surface area contributed by atoms with Crippen LogP contribution in [0.15, 0.2) is 36.4 Å². The van der Waals surface area contributed by atoms with Crippen LogP contribution in [0.5, 0.6) is 0 Å². The van der Waals surface area contributed by atoms with Crippen LogP contribution in [0.3, 0.4) is 0 Å². The number of ketones is 1. The van der Waals surface area contributed by atoms with Crippen molar-refractivity contribution in [1.82, 2.24) is 0 Å². The summed E-state index contributed by atoms with van der Waals surface area (Å²) in [5.74, 6) is -2.11. The molecule has 0 heterocycles. The average Bonchev–Trinajstić information content (AvgIpc) is 2.44. The molecule has 1 unspecified atom stereocenters. The highest BCUT2D eigenvalue weighted by atomic mass is 35.5. The fourth-order valence-electron chi connectivity index (χ4n) is 2.02. The summed E-state index contributed by atoms with van der Waals surface area (Å²) in [6, 6.07) is 10.4. The van der Waals surface area contributed by atoms with Crippen LogP contribution in [0, 0.1) is 24.1 Å². The topological polar surface area (TPSA) is 40.9 Å². The first-order chi connectivity index (χ1) is 9.93. The minimum atomic E-state index is -1.10. The quantitative estimate of drug-likeness (QED) is 0.752. The molecule has 0 saturated carbocycles. The van der Waals surface area contributed by atoms with Crippen molar-refractivity contribution < 1.29 is 9.18 Å². The van der Waals surface area contributed by atoms with E-state index in [-0.39, 0.29) is 10.6 Å². The largest absolute Gasteiger partial charge is 0.292 e. The molecule has 0 aliphatic carbocycles. The highest BCUT2D eigenvalue weighted by Gasteiger charge is 2.25. The van der Waals surface area contributed by atoms with E-state index in [9.17, 15) is 14.4 Å². The molecule has 106 valence electrons. The molecule has 0 amide bonds. The Bertz CT molecular complexity index is 752. The molecular formula is C16H10Cl2FNO. The van der Waals surface area contributed by atoms with E-state index in [1.807, 2.05) is 6.07 Å². The minimum Gasteiger partial charge on any atom is -0.292 e. The third-order valence-electron chi connectivity index (χ3n) is 3.13. The second kappa shape index (κ2) is 6.26. The summed E-state index contributed by atoms with van der Waals surface area (Å²) in [6.07, 6.45) is 0. The van der Waals surface area contributed by atoms with Crippen LogP contribution in [-0.4, -0.2) is 5.78 Å². The number of hydrogen-bond acceptors (Lipinski definition) is 2. The fourth-order valence-corrected chi connectivity index (χ4v) is 2.54. The maximum atomic E-state index is 13.3. The van der Waals surface area contributed by atoms with Crippen molar-refractivity contribution in [3.63, 3.8) is 0 Å². The van der Waals surface area contributed by atoms with Crippen molar-refractivity contribution in [2.45, 2.75) is 12.8 Å². The van der Waals surface area contributed by atoms with E-state index in [0.29, 0.717) is 16.1 Å². The predicted octanol–water partition coefficient (Wildman–Crippen LogP) is 4.93. The summed E-state index contributed by atoms with van der Waals surface area (Å²) >= 11 is 11.8. The summed E-state index contributed by atoms with van der Waals surface area (Å²) in [4.78, 5) is 12.5. The summed E-state index contributed by atoms with van der Waals surface area (Å²) in [7, 11) is 0. The molecular weight excluding hydrogens is 312 g/mol. The van der Waals surface area contributed by atoms with Crippen molar-refractivity contribution in [3.05, 3.63) is 69.0 Å². The number of nitrogens with zero attached hydrogens (tertiary/aromatic N) is 1. The van der Waals surface area contributed by atoms with Gasteiger partial charge in [-0.1, -0.05) is 35.3 Å². The number of halogens is 3. The number of rotatable bonds is 3. The van der Waals surface area contributed by atoms with Gasteiger partial charge in [-0.3, -0.25) is 4.79 Å². The Labute approximate surface area is 131 Å². The third kappa shape index (κ3) is 3.24. The molecule has 21 heavy (non-hydrogen) atoms. The number of nitriles is 1. The second-order valence-corrected chi connectivity index (χ2v) is 5.40. The van der Waals surface area contributed by atoms with E-state index in [1.165, 1.54) is 24.3 Å². The molecule has 0 bridgehead atoms. The van der Waals surface area contributed by atoms with E-state index in [4.69, 9.17) is 23.2 Å². The lowest BCUT2D eigenvalue weighted by molar-refractivity contribution is 0.0978. The van der Waals surface area contributed by atoms with Crippen LogP contribution in [0.2, 0.25) is 10.0 Å². The summed E-state index contributed by atoms with van der Waals surface area (Å²) in [5.41, 5.74) is 1.14. The molecule has 0 aliphatic rings. The zero-order chi connectivity index (χ0) is 15.6. The molecule has 2 aromatic rings. The predicted molar refractivity (Wildman–Crippen MR) is 80.3 cm³/mol. The smallest absolute Gasteiger partial charge is 0.184 e. The standard InChI is InChI=1S/C16H10Cl2FNO/c1-9-2-4-11(19)7-13(9)16(21)14(8-20)12-5-3-10(17)6-15(12)18/h2-7,14H,1H3. The Morgan fingerprint density at radius 3 is 2.57 bits per heavy atom. The number of benzene rings is 2. The molecule has 2 rings (SSSR count). The molecule has 2 nitrogen and oxygen atoms in total. The molecule has 0 saturated heterocycles. The first kappa shape index (κ1) is 15.5. The van der Waals surface area contributed by atoms with Gasteiger partial charge in [0.15, 0.2) is 5.78 Å². The van der Waals surface area contributed by atoms with Crippen molar-refractivity contribution in [2.75, 3.05) is 0 Å². The highest BCUT2D eigenvalue weighted by molar-refractivity contribution is 6.35. The van der Waals surface area contributed by atoms with Gasteiger partial charge in [-0.25, -0.2) is 4.39 Å². The van der Waals surface area contributed by atoms with E-state index < -0.39 is 17.5 Å². The zero-order valence-corrected chi connectivity index (χ0v) is 12.5. The van der Waals surface area contributed by atoms with Gasteiger partial charge < -0.3 is 0 Å². The summed E-state index contributed by atoms with van der Waals surface area (Å²) < 4.78 is 13.3. The molecule has 0 radical (unpaired) electrons.